The molecule has 0 aliphatic rings. The second-order valence-electron chi connectivity index (χ2n) is 7.07. The molecule has 2 rings (SSSR count). The van der Waals surface area contributed by atoms with Gasteiger partial charge in [-0.15, -0.1) is 11.8 Å². The second-order valence-corrected chi connectivity index (χ2v) is 8.12. The van der Waals surface area contributed by atoms with Crippen LogP contribution in [-0.2, 0) is 16.1 Å². The zero-order valence-electron chi connectivity index (χ0n) is 18.0. The summed E-state index contributed by atoms with van der Waals surface area (Å²) in [7, 11) is 1.52. The summed E-state index contributed by atoms with van der Waals surface area (Å²) in [5, 5.41) is 0. The number of hydrogen-bond acceptors (Lipinski definition) is 6. The zero-order valence-corrected chi connectivity index (χ0v) is 18.8. The van der Waals surface area contributed by atoms with Crippen LogP contribution in [0.2, 0.25) is 0 Å². The molecule has 0 bridgehead atoms. The van der Waals surface area contributed by atoms with E-state index in [1.807, 2.05) is 39.0 Å². The smallest absolute Gasteiger partial charge is 0.330 e. The van der Waals surface area contributed by atoms with Crippen LogP contribution in [0.3, 0.4) is 0 Å². The van der Waals surface area contributed by atoms with Gasteiger partial charge in [0.1, 0.15) is 5.82 Å². The fourth-order valence-corrected chi connectivity index (χ4v) is 3.82. The molecule has 0 saturated heterocycles. The van der Waals surface area contributed by atoms with Crippen molar-refractivity contribution in [3.8, 4) is 0 Å². The number of amides is 1. The fourth-order valence-electron chi connectivity index (χ4n) is 2.95. The van der Waals surface area contributed by atoms with Crippen molar-refractivity contribution in [1.29, 1.82) is 0 Å². The summed E-state index contributed by atoms with van der Waals surface area (Å²) in [4.78, 5) is 42.4. The van der Waals surface area contributed by atoms with E-state index >= 15 is 0 Å². The Bertz CT molecular complexity index is 999. The predicted molar refractivity (Wildman–Crippen MR) is 122 cm³/mol. The van der Waals surface area contributed by atoms with Crippen LogP contribution in [0.1, 0.15) is 30.9 Å². The Morgan fingerprint density at radius 3 is 2.63 bits per heavy atom. The highest BCUT2D eigenvalue weighted by Gasteiger charge is 2.24. The number of nitrogens with zero attached hydrogens (tertiary/aromatic N) is 2. The Hall–Kier alpha value is -2.52. The second kappa shape index (κ2) is 11.0. The lowest BCUT2D eigenvalue weighted by Crippen LogP contribution is -2.43. The van der Waals surface area contributed by atoms with Crippen LogP contribution in [-0.4, -0.2) is 41.5 Å². The molecule has 0 aliphatic heterocycles. The largest absolute Gasteiger partial charge is 0.383 e. The number of nitrogens with one attached hydrogen (secondary N) is 1. The van der Waals surface area contributed by atoms with Crippen molar-refractivity contribution in [3.05, 3.63) is 50.2 Å². The van der Waals surface area contributed by atoms with Gasteiger partial charge in [0.2, 0.25) is 5.91 Å². The molecule has 8 nitrogen and oxygen atoms in total. The number of benzene rings is 1. The maximum absolute atomic E-state index is 13.0. The third kappa shape index (κ3) is 5.76. The first-order valence-corrected chi connectivity index (χ1v) is 10.9. The number of aromatic nitrogens is 2. The first kappa shape index (κ1) is 23.8. The molecular weight excluding hydrogens is 404 g/mol. The number of carbonyl (C=O) groups is 1. The summed E-state index contributed by atoms with van der Waals surface area (Å²) in [6.07, 6.45) is 1.59. The minimum atomic E-state index is -0.675. The van der Waals surface area contributed by atoms with Gasteiger partial charge in [-0.1, -0.05) is 19.4 Å². The van der Waals surface area contributed by atoms with E-state index in [1.165, 1.54) is 33.9 Å². The summed E-state index contributed by atoms with van der Waals surface area (Å²) in [5.41, 5.74) is 7.26. The third-order valence-corrected chi connectivity index (χ3v) is 5.86. The van der Waals surface area contributed by atoms with Crippen LogP contribution in [0.5, 0.6) is 0 Å². The SMILES string of the molecule is CCCCn1c(N)c(N(CCOC)C(=O)CSc2ccc(C)c(C)c2)c(=O)[nH]c1=O. The monoisotopic (exact) mass is 434 g/mol. The average Bonchev–Trinajstić information content (AvgIpc) is 2.70. The van der Waals surface area contributed by atoms with E-state index in [4.69, 9.17) is 10.5 Å². The van der Waals surface area contributed by atoms with Crippen molar-refractivity contribution in [1.82, 2.24) is 9.55 Å². The number of nitrogen functional groups attached to an aromatic ring is 1. The van der Waals surface area contributed by atoms with Gasteiger partial charge in [-0.25, -0.2) is 4.79 Å². The van der Waals surface area contributed by atoms with Gasteiger partial charge in [-0.2, -0.15) is 0 Å². The van der Waals surface area contributed by atoms with Crippen molar-refractivity contribution >= 4 is 29.2 Å². The molecule has 1 amide bonds. The van der Waals surface area contributed by atoms with Crippen LogP contribution in [0, 0.1) is 13.8 Å². The Labute approximate surface area is 180 Å². The molecule has 2 aromatic rings. The maximum atomic E-state index is 13.0. The van der Waals surface area contributed by atoms with Crippen LogP contribution < -0.4 is 21.9 Å². The molecule has 0 saturated carbocycles. The number of anilines is 2. The number of rotatable bonds is 10. The lowest BCUT2D eigenvalue weighted by Gasteiger charge is -2.24. The number of methoxy groups -OCH3 is 1. The van der Waals surface area contributed by atoms with Crippen molar-refractivity contribution in [3.63, 3.8) is 0 Å². The Morgan fingerprint density at radius 1 is 1.27 bits per heavy atom. The highest BCUT2D eigenvalue weighted by molar-refractivity contribution is 8.00. The van der Waals surface area contributed by atoms with E-state index in [2.05, 4.69) is 4.98 Å². The van der Waals surface area contributed by atoms with Crippen molar-refractivity contribution < 1.29 is 9.53 Å². The first-order valence-electron chi connectivity index (χ1n) is 9.92. The van der Waals surface area contributed by atoms with E-state index in [0.29, 0.717) is 6.54 Å². The molecule has 3 N–H and O–H groups in total. The van der Waals surface area contributed by atoms with Crippen molar-refractivity contribution in [2.45, 2.75) is 45.1 Å². The van der Waals surface area contributed by atoms with E-state index < -0.39 is 11.2 Å². The zero-order chi connectivity index (χ0) is 22.3. The van der Waals surface area contributed by atoms with E-state index in [-0.39, 0.29) is 36.3 Å². The molecule has 0 spiro atoms. The van der Waals surface area contributed by atoms with E-state index in [1.54, 1.807) is 0 Å². The quantitative estimate of drug-likeness (QED) is 0.555. The molecule has 0 unspecified atom stereocenters. The molecular formula is C21H30N4O4S. The van der Waals surface area contributed by atoms with Crippen LogP contribution in [0.15, 0.2) is 32.7 Å². The van der Waals surface area contributed by atoms with E-state index in [9.17, 15) is 14.4 Å². The molecule has 1 aromatic carbocycles. The Balaban J connectivity index is 2.34. The molecule has 0 radical (unpaired) electrons. The fraction of sp³-hybridized carbons (Fsp3) is 0.476. The number of H-pyrrole nitrogens is 1. The molecule has 0 aliphatic carbocycles. The number of hydrogen-bond donors (Lipinski definition) is 2. The molecule has 164 valence electrons. The van der Waals surface area contributed by atoms with Crippen molar-refractivity contribution in [2.24, 2.45) is 0 Å². The minimum Gasteiger partial charge on any atom is -0.383 e. The van der Waals surface area contributed by atoms with Crippen LogP contribution >= 0.6 is 11.8 Å². The van der Waals surface area contributed by atoms with Crippen molar-refractivity contribution in [2.75, 3.05) is 36.6 Å². The molecule has 0 atom stereocenters. The average molecular weight is 435 g/mol. The number of thioether (sulfide) groups is 1. The highest BCUT2D eigenvalue weighted by atomic mass is 32.2. The number of aromatic amines is 1. The standard InChI is InChI=1S/C21H30N4O4S/c1-5-6-9-25-19(22)18(20(27)23-21(25)28)24(10-11-29-4)17(26)13-30-16-8-7-14(2)15(3)12-16/h7-8,12H,5-6,9-11,13,22H2,1-4H3,(H,23,27,28). The summed E-state index contributed by atoms with van der Waals surface area (Å²) >= 11 is 1.39. The summed E-state index contributed by atoms with van der Waals surface area (Å²) in [6, 6.07) is 6.00. The van der Waals surface area contributed by atoms with Gasteiger partial charge in [-0.05, 0) is 43.5 Å². The lowest BCUT2D eigenvalue weighted by atomic mass is 10.1. The summed E-state index contributed by atoms with van der Waals surface area (Å²) in [5.74, 6) is -0.162. The summed E-state index contributed by atoms with van der Waals surface area (Å²) < 4.78 is 6.42. The number of nitrogens with two attached hydrogens (primary N) is 1. The van der Waals surface area contributed by atoms with Crippen LogP contribution in [0.4, 0.5) is 11.5 Å². The molecule has 1 aromatic heterocycles. The Morgan fingerprint density at radius 2 is 2.00 bits per heavy atom. The molecule has 30 heavy (non-hydrogen) atoms. The lowest BCUT2D eigenvalue weighted by molar-refractivity contribution is -0.116. The Kier molecular flexibility index (Phi) is 8.73. The highest BCUT2D eigenvalue weighted by Crippen LogP contribution is 2.23. The van der Waals surface area contributed by atoms with Gasteiger partial charge in [0.05, 0.1) is 12.4 Å². The minimum absolute atomic E-state index is 0.00201. The summed E-state index contributed by atoms with van der Waals surface area (Å²) in [6.45, 7) is 6.80. The van der Waals surface area contributed by atoms with E-state index in [0.717, 1.165) is 23.3 Å². The van der Waals surface area contributed by atoms with Gasteiger partial charge in [0, 0.05) is 25.1 Å². The topological polar surface area (TPSA) is 110 Å². The predicted octanol–water partition coefficient (Wildman–Crippen LogP) is 2.31. The number of unbranched alkanes of at least 4 members (excludes halogenated alkanes) is 1. The van der Waals surface area contributed by atoms with Gasteiger partial charge in [0.25, 0.3) is 5.56 Å². The molecule has 0 fully saturated rings. The van der Waals surface area contributed by atoms with Gasteiger partial charge in [-0.3, -0.25) is 19.1 Å². The number of carbonyl (C=O) groups excluding carboxylic acids is 1. The third-order valence-electron chi connectivity index (χ3n) is 4.88. The maximum Gasteiger partial charge on any atom is 0.330 e. The number of aryl methyl sites for hydroxylation is 2. The molecule has 9 heteroatoms. The first-order chi connectivity index (χ1) is 14.3. The normalized spacial score (nSPS) is 10.9. The molecule has 1 heterocycles. The number of ether oxygens (including phenoxy) is 1. The van der Waals surface area contributed by atoms with Gasteiger partial charge < -0.3 is 15.4 Å². The van der Waals surface area contributed by atoms with Gasteiger partial charge in [0.15, 0.2) is 5.69 Å². The van der Waals surface area contributed by atoms with Gasteiger partial charge >= 0.3 is 5.69 Å². The van der Waals surface area contributed by atoms with Crippen LogP contribution in [0.25, 0.3) is 0 Å².